The maximum absolute atomic E-state index is 13.8. The standard InChI is InChI=1S/C21H21FN2O/c22-18-8-4-7-17-14-19(23-20(17)18)21(25)24-11-9-16(10-12-24)13-15-5-2-1-3-6-15/h1-8,14,16,23H,9-13H2. The van der Waals surface area contributed by atoms with Crippen LogP contribution < -0.4 is 0 Å². The zero-order valence-electron chi connectivity index (χ0n) is 14.0. The number of piperidine rings is 1. The number of hydrogen-bond donors (Lipinski definition) is 1. The molecule has 4 rings (SSSR count). The molecular weight excluding hydrogens is 315 g/mol. The van der Waals surface area contributed by atoms with Gasteiger partial charge in [0, 0.05) is 18.5 Å². The van der Waals surface area contributed by atoms with Crippen LogP contribution in [0.1, 0.15) is 28.9 Å². The minimum atomic E-state index is -0.321. The van der Waals surface area contributed by atoms with Gasteiger partial charge in [0.05, 0.1) is 5.52 Å². The molecule has 2 heterocycles. The summed E-state index contributed by atoms with van der Waals surface area (Å²) < 4.78 is 13.8. The molecule has 2 aromatic carbocycles. The predicted octanol–water partition coefficient (Wildman–Crippen LogP) is 4.40. The van der Waals surface area contributed by atoms with Crippen molar-refractivity contribution in [2.45, 2.75) is 19.3 Å². The average Bonchev–Trinajstić information content (AvgIpc) is 3.08. The Hall–Kier alpha value is -2.62. The Morgan fingerprint density at radius 1 is 1.08 bits per heavy atom. The lowest BCUT2D eigenvalue weighted by Crippen LogP contribution is -2.39. The highest BCUT2D eigenvalue weighted by Crippen LogP contribution is 2.24. The van der Waals surface area contributed by atoms with Crippen LogP contribution in [0, 0.1) is 11.7 Å². The molecule has 128 valence electrons. The van der Waals surface area contributed by atoms with E-state index in [-0.39, 0.29) is 11.7 Å². The van der Waals surface area contributed by atoms with Crippen molar-refractivity contribution in [3.05, 3.63) is 71.7 Å². The summed E-state index contributed by atoms with van der Waals surface area (Å²) in [4.78, 5) is 17.5. The summed E-state index contributed by atoms with van der Waals surface area (Å²) in [6.45, 7) is 1.52. The van der Waals surface area contributed by atoms with Crippen molar-refractivity contribution in [2.24, 2.45) is 5.92 Å². The van der Waals surface area contributed by atoms with E-state index >= 15 is 0 Å². The van der Waals surface area contributed by atoms with Crippen molar-refractivity contribution in [1.29, 1.82) is 0 Å². The number of likely N-dealkylation sites (tertiary alicyclic amines) is 1. The van der Waals surface area contributed by atoms with Gasteiger partial charge in [-0.25, -0.2) is 4.39 Å². The molecular formula is C21H21FN2O. The summed E-state index contributed by atoms with van der Waals surface area (Å²) in [5, 5.41) is 0.738. The molecule has 1 aromatic heterocycles. The third kappa shape index (κ3) is 3.29. The first-order chi connectivity index (χ1) is 12.2. The van der Waals surface area contributed by atoms with Crippen LogP contribution in [0.2, 0.25) is 0 Å². The number of para-hydroxylation sites is 1. The number of aromatic amines is 1. The number of halogens is 1. The quantitative estimate of drug-likeness (QED) is 0.756. The van der Waals surface area contributed by atoms with Crippen LogP contribution in [0.15, 0.2) is 54.6 Å². The summed E-state index contributed by atoms with van der Waals surface area (Å²) in [6, 6.07) is 17.1. The number of nitrogens with one attached hydrogen (secondary N) is 1. The summed E-state index contributed by atoms with van der Waals surface area (Å²) in [5.41, 5.74) is 2.24. The van der Waals surface area contributed by atoms with Crippen LogP contribution in [0.4, 0.5) is 4.39 Å². The Kier molecular flexibility index (Phi) is 4.26. The lowest BCUT2D eigenvalue weighted by molar-refractivity contribution is 0.0685. The Morgan fingerprint density at radius 2 is 1.84 bits per heavy atom. The molecule has 1 aliphatic heterocycles. The SMILES string of the molecule is O=C(c1cc2cccc(F)c2[nH]1)N1CCC(Cc2ccccc2)CC1. The van der Waals surface area contributed by atoms with Crippen molar-refractivity contribution >= 4 is 16.8 Å². The number of rotatable bonds is 3. The molecule has 0 spiro atoms. The first-order valence-corrected chi connectivity index (χ1v) is 8.81. The van der Waals surface area contributed by atoms with E-state index in [4.69, 9.17) is 0 Å². The van der Waals surface area contributed by atoms with Crippen LogP contribution in [-0.2, 0) is 6.42 Å². The van der Waals surface area contributed by atoms with Gasteiger partial charge in [-0.05, 0) is 42.9 Å². The summed E-state index contributed by atoms with van der Waals surface area (Å²) in [7, 11) is 0. The van der Waals surface area contributed by atoms with E-state index in [0.29, 0.717) is 17.1 Å². The van der Waals surface area contributed by atoms with Crippen LogP contribution >= 0.6 is 0 Å². The largest absolute Gasteiger partial charge is 0.348 e. The number of benzene rings is 2. The Bertz CT molecular complexity index is 879. The minimum Gasteiger partial charge on any atom is -0.348 e. The third-order valence-corrected chi connectivity index (χ3v) is 5.10. The van der Waals surface area contributed by atoms with Gasteiger partial charge in [-0.1, -0.05) is 42.5 Å². The topological polar surface area (TPSA) is 36.1 Å². The van der Waals surface area contributed by atoms with Gasteiger partial charge < -0.3 is 9.88 Å². The van der Waals surface area contributed by atoms with E-state index in [0.717, 1.165) is 37.7 Å². The number of hydrogen-bond acceptors (Lipinski definition) is 1. The van der Waals surface area contributed by atoms with Gasteiger partial charge in [0.25, 0.3) is 5.91 Å². The molecule has 0 saturated carbocycles. The lowest BCUT2D eigenvalue weighted by atomic mass is 9.90. The normalized spacial score (nSPS) is 15.6. The van der Waals surface area contributed by atoms with E-state index in [1.807, 2.05) is 17.0 Å². The monoisotopic (exact) mass is 336 g/mol. The number of carbonyl (C=O) groups excluding carboxylic acids is 1. The number of fused-ring (bicyclic) bond motifs is 1. The summed E-state index contributed by atoms with van der Waals surface area (Å²) in [5.74, 6) is 0.262. The second kappa shape index (κ2) is 6.71. The van der Waals surface area contributed by atoms with Gasteiger partial charge in [-0.15, -0.1) is 0 Å². The van der Waals surface area contributed by atoms with Gasteiger partial charge in [-0.3, -0.25) is 4.79 Å². The van der Waals surface area contributed by atoms with E-state index in [9.17, 15) is 9.18 Å². The molecule has 3 nitrogen and oxygen atoms in total. The van der Waals surface area contributed by atoms with Crippen molar-refractivity contribution in [2.75, 3.05) is 13.1 Å². The molecule has 3 aromatic rings. The molecule has 1 aliphatic rings. The first kappa shape index (κ1) is 15.9. The molecule has 0 radical (unpaired) electrons. The van der Waals surface area contributed by atoms with Gasteiger partial charge >= 0.3 is 0 Å². The minimum absolute atomic E-state index is 0.0336. The smallest absolute Gasteiger partial charge is 0.270 e. The van der Waals surface area contributed by atoms with E-state index in [2.05, 4.69) is 29.2 Å². The van der Waals surface area contributed by atoms with Crippen molar-refractivity contribution in [3.8, 4) is 0 Å². The molecule has 4 heteroatoms. The number of carbonyl (C=O) groups is 1. The van der Waals surface area contributed by atoms with E-state index in [1.54, 1.807) is 12.1 Å². The molecule has 0 atom stereocenters. The van der Waals surface area contributed by atoms with Crippen LogP contribution in [0.25, 0.3) is 10.9 Å². The zero-order chi connectivity index (χ0) is 17.2. The highest BCUT2D eigenvalue weighted by Gasteiger charge is 2.25. The highest BCUT2D eigenvalue weighted by molar-refractivity contribution is 5.98. The molecule has 1 amide bonds. The van der Waals surface area contributed by atoms with Crippen LogP contribution in [0.5, 0.6) is 0 Å². The average molecular weight is 336 g/mol. The van der Waals surface area contributed by atoms with Crippen molar-refractivity contribution in [3.63, 3.8) is 0 Å². The van der Waals surface area contributed by atoms with E-state index < -0.39 is 0 Å². The Labute approximate surface area is 146 Å². The van der Waals surface area contributed by atoms with Gasteiger partial charge in [0.15, 0.2) is 0 Å². The van der Waals surface area contributed by atoms with Crippen molar-refractivity contribution in [1.82, 2.24) is 9.88 Å². The number of nitrogens with zero attached hydrogens (tertiary/aromatic N) is 1. The van der Waals surface area contributed by atoms with Crippen LogP contribution in [-0.4, -0.2) is 28.9 Å². The molecule has 0 aliphatic carbocycles. The number of amides is 1. The number of H-pyrrole nitrogens is 1. The molecule has 1 saturated heterocycles. The second-order valence-electron chi connectivity index (χ2n) is 6.81. The third-order valence-electron chi connectivity index (χ3n) is 5.10. The molecule has 1 fully saturated rings. The fourth-order valence-electron chi connectivity index (χ4n) is 3.69. The summed E-state index contributed by atoms with van der Waals surface area (Å²) in [6.07, 6.45) is 3.09. The van der Waals surface area contributed by atoms with Gasteiger partial charge in [0.1, 0.15) is 11.5 Å². The number of aromatic nitrogens is 1. The molecule has 25 heavy (non-hydrogen) atoms. The maximum Gasteiger partial charge on any atom is 0.270 e. The van der Waals surface area contributed by atoms with Crippen molar-refractivity contribution < 1.29 is 9.18 Å². The fraction of sp³-hybridized carbons (Fsp3) is 0.286. The predicted molar refractivity (Wildman–Crippen MR) is 97.0 cm³/mol. The molecule has 0 bridgehead atoms. The fourth-order valence-corrected chi connectivity index (χ4v) is 3.69. The maximum atomic E-state index is 13.8. The van der Waals surface area contributed by atoms with Crippen LogP contribution in [0.3, 0.4) is 0 Å². The van der Waals surface area contributed by atoms with E-state index in [1.165, 1.54) is 11.6 Å². The van der Waals surface area contributed by atoms with Gasteiger partial charge in [0.2, 0.25) is 0 Å². The van der Waals surface area contributed by atoms with Gasteiger partial charge in [-0.2, -0.15) is 0 Å². The Morgan fingerprint density at radius 3 is 2.56 bits per heavy atom. The molecule has 1 N–H and O–H groups in total. The second-order valence-corrected chi connectivity index (χ2v) is 6.81. The zero-order valence-corrected chi connectivity index (χ0v) is 14.0. The lowest BCUT2D eigenvalue weighted by Gasteiger charge is -2.31. The highest BCUT2D eigenvalue weighted by atomic mass is 19.1. The Balaban J connectivity index is 1.41. The summed E-state index contributed by atoms with van der Waals surface area (Å²) >= 11 is 0. The first-order valence-electron chi connectivity index (χ1n) is 8.81. The molecule has 0 unspecified atom stereocenters.